The Morgan fingerprint density at radius 2 is 1.41 bits per heavy atom. The first kappa shape index (κ1) is 19.0. The minimum absolute atomic E-state index is 0.837. The molecular weight excluding hydrogens is 270 g/mol. The molecule has 0 aliphatic rings. The molecule has 0 aliphatic heterocycles. The first-order valence-electron chi connectivity index (χ1n) is 9.29. The van der Waals surface area contributed by atoms with Gasteiger partial charge in [0, 0.05) is 6.54 Å². The van der Waals surface area contributed by atoms with Crippen LogP contribution in [0, 0.1) is 0 Å². The maximum atomic E-state index is 5.73. The van der Waals surface area contributed by atoms with Crippen LogP contribution in [0.2, 0.25) is 0 Å². The number of rotatable bonds is 14. The molecule has 0 bridgehead atoms. The minimum Gasteiger partial charge on any atom is -0.494 e. The standard InChI is InChI=1S/C20H35NO/c1-3-5-7-8-9-10-16-21-18-19-12-14-20(15-13-19)22-17-11-6-4-2/h12-15,21H,3-11,16-18H2,1-2H3. The second-order valence-corrected chi connectivity index (χ2v) is 6.14. The van der Waals surface area contributed by atoms with E-state index in [0.29, 0.717) is 0 Å². The lowest BCUT2D eigenvalue weighted by atomic mass is 10.1. The van der Waals surface area contributed by atoms with E-state index in [1.54, 1.807) is 0 Å². The van der Waals surface area contributed by atoms with Crippen LogP contribution >= 0.6 is 0 Å². The van der Waals surface area contributed by atoms with Crippen molar-refractivity contribution in [1.29, 1.82) is 0 Å². The lowest BCUT2D eigenvalue weighted by Gasteiger charge is -2.08. The zero-order valence-corrected chi connectivity index (χ0v) is 14.7. The van der Waals surface area contributed by atoms with E-state index in [9.17, 15) is 0 Å². The van der Waals surface area contributed by atoms with Gasteiger partial charge in [0.05, 0.1) is 6.61 Å². The van der Waals surface area contributed by atoms with Crippen molar-refractivity contribution in [2.45, 2.75) is 78.2 Å². The molecule has 22 heavy (non-hydrogen) atoms. The number of nitrogens with one attached hydrogen (secondary N) is 1. The van der Waals surface area contributed by atoms with E-state index in [4.69, 9.17) is 4.74 Å². The van der Waals surface area contributed by atoms with Crippen molar-refractivity contribution >= 4 is 0 Å². The lowest BCUT2D eigenvalue weighted by Crippen LogP contribution is -2.14. The fourth-order valence-electron chi connectivity index (χ4n) is 2.51. The molecule has 1 aromatic rings. The highest BCUT2D eigenvalue weighted by Gasteiger charge is 1.96. The molecule has 2 nitrogen and oxygen atoms in total. The van der Waals surface area contributed by atoms with Crippen LogP contribution < -0.4 is 10.1 Å². The summed E-state index contributed by atoms with van der Waals surface area (Å²) in [5, 5.41) is 3.53. The van der Waals surface area contributed by atoms with Crippen LogP contribution in [0.1, 0.15) is 77.2 Å². The van der Waals surface area contributed by atoms with Gasteiger partial charge in [-0.25, -0.2) is 0 Å². The number of unbranched alkanes of at least 4 members (excludes halogenated alkanes) is 7. The van der Waals surface area contributed by atoms with Gasteiger partial charge in [0.15, 0.2) is 0 Å². The van der Waals surface area contributed by atoms with Crippen LogP contribution in [-0.2, 0) is 6.54 Å². The summed E-state index contributed by atoms with van der Waals surface area (Å²) in [6.45, 7) is 7.41. The predicted molar refractivity (Wildman–Crippen MR) is 96.5 cm³/mol. The van der Waals surface area contributed by atoms with Gasteiger partial charge < -0.3 is 10.1 Å². The number of hydrogen-bond acceptors (Lipinski definition) is 2. The Bertz CT molecular complexity index is 347. The van der Waals surface area contributed by atoms with Crippen LogP contribution in [0.25, 0.3) is 0 Å². The van der Waals surface area contributed by atoms with Gasteiger partial charge >= 0.3 is 0 Å². The summed E-state index contributed by atoms with van der Waals surface area (Å²) < 4.78 is 5.73. The van der Waals surface area contributed by atoms with Crippen molar-refractivity contribution in [3.63, 3.8) is 0 Å². The number of ether oxygens (including phenoxy) is 1. The van der Waals surface area contributed by atoms with E-state index in [2.05, 4.69) is 43.4 Å². The van der Waals surface area contributed by atoms with Crippen molar-refractivity contribution < 1.29 is 4.74 Å². The second kappa shape index (κ2) is 13.6. The zero-order chi connectivity index (χ0) is 15.9. The summed E-state index contributed by atoms with van der Waals surface area (Å²) in [5.74, 6) is 0.996. The molecule has 0 radical (unpaired) electrons. The quantitative estimate of drug-likeness (QED) is 0.445. The molecule has 0 amide bonds. The lowest BCUT2D eigenvalue weighted by molar-refractivity contribution is 0.306. The fraction of sp³-hybridized carbons (Fsp3) is 0.700. The number of benzene rings is 1. The summed E-state index contributed by atoms with van der Waals surface area (Å²) in [4.78, 5) is 0. The molecular formula is C20H35NO. The van der Waals surface area contributed by atoms with Gasteiger partial charge in [-0.05, 0) is 37.1 Å². The average molecular weight is 306 g/mol. The SMILES string of the molecule is CCCCCCCCNCc1ccc(OCCCCC)cc1. The maximum absolute atomic E-state index is 5.73. The van der Waals surface area contributed by atoms with Gasteiger partial charge in [0.25, 0.3) is 0 Å². The van der Waals surface area contributed by atoms with Crippen LogP contribution in [0.15, 0.2) is 24.3 Å². The van der Waals surface area contributed by atoms with Gasteiger partial charge in [-0.1, -0.05) is 70.9 Å². The Hall–Kier alpha value is -1.02. The van der Waals surface area contributed by atoms with Crippen LogP contribution in [0.3, 0.4) is 0 Å². The van der Waals surface area contributed by atoms with E-state index in [-0.39, 0.29) is 0 Å². The highest BCUT2D eigenvalue weighted by atomic mass is 16.5. The Kier molecular flexibility index (Phi) is 11.8. The third kappa shape index (κ3) is 9.83. The van der Waals surface area contributed by atoms with Crippen molar-refractivity contribution in [3.8, 4) is 5.75 Å². The molecule has 0 heterocycles. The molecule has 0 saturated heterocycles. The molecule has 1 N–H and O–H groups in total. The molecule has 0 fully saturated rings. The molecule has 0 aliphatic carbocycles. The molecule has 0 saturated carbocycles. The largest absolute Gasteiger partial charge is 0.494 e. The van der Waals surface area contributed by atoms with Gasteiger partial charge in [-0.2, -0.15) is 0 Å². The third-order valence-electron chi connectivity index (χ3n) is 3.98. The number of hydrogen-bond donors (Lipinski definition) is 1. The summed E-state index contributed by atoms with van der Waals surface area (Å²) in [6, 6.07) is 8.52. The van der Waals surface area contributed by atoms with E-state index < -0.39 is 0 Å². The maximum Gasteiger partial charge on any atom is 0.119 e. The highest BCUT2D eigenvalue weighted by Crippen LogP contribution is 2.13. The van der Waals surface area contributed by atoms with Crippen molar-refractivity contribution in [2.75, 3.05) is 13.2 Å². The van der Waals surface area contributed by atoms with Crippen molar-refractivity contribution in [2.24, 2.45) is 0 Å². The predicted octanol–water partition coefficient (Wildman–Crippen LogP) is 5.71. The van der Waals surface area contributed by atoms with Gasteiger partial charge in [0.1, 0.15) is 5.75 Å². The normalized spacial score (nSPS) is 10.8. The molecule has 0 unspecified atom stereocenters. The third-order valence-corrected chi connectivity index (χ3v) is 3.98. The van der Waals surface area contributed by atoms with Crippen molar-refractivity contribution in [3.05, 3.63) is 29.8 Å². The van der Waals surface area contributed by atoms with E-state index in [0.717, 1.165) is 31.9 Å². The highest BCUT2D eigenvalue weighted by molar-refractivity contribution is 5.27. The molecule has 126 valence electrons. The topological polar surface area (TPSA) is 21.3 Å². The molecule has 0 spiro atoms. The fourth-order valence-corrected chi connectivity index (χ4v) is 2.51. The smallest absolute Gasteiger partial charge is 0.119 e. The van der Waals surface area contributed by atoms with Crippen molar-refractivity contribution in [1.82, 2.24) is 5.32 Å². The molecule has 0 aromatic heterocycles. The minimum atomic E-state index is 0.837. The first-order valence-corrected chi connectivity index (χ1v) is 9.29. The Labute approximate surface area is 137 Å². The summed E-state index contributed by atoms with van der Waals surface area (Å²) in [5.41, 5.74) is 1.34. The summed E-state index contributed by atoms with van der Waals surface area (Å²) in [7, 11) is 0. The molecule has 1 aromatic carbocycles. The summed E-state index contributed by atoms with van der Waals surface area (Å²) in [6.07, 6.45) is 11.8. The average Bonchev–Trinajstić information content (AvgIpc) is 2.55. The molecule has 2 heteroatoms. The molecule has 1 rings (SSSR count). The zero-order valence-electron chi connectivity index (χ0n) is 14.7. The van der Waals surface area contributed by atoms with E-state index in [1.165, 1.54) is 56.9 Å². The van der Waals surface area contributed by atoms with Gasteiger partial charge in [0.2, 0.25) is 0 Å². The second-order valence-electron chi connectivity index (χ2n) is 6.14. The van der Waals surface area contributed by atoms with Crippen LogP contribution in [0.5, 0.6) is 5.75 Å². The summed E-state index contributed by atoms with van der Waals surface area (Å²) >= 11 is 0. The van der Waals surface area contributed by atoms with Gasteiger partial charge in [-0.15, -0.1) is 0 Å². The van der Waals surface area contributed by atoms with Crippen LogP contribution in [0.4, 0.5) is 0 Å². The first-order chi connectivity index (χ1) is 10.9. The van der Waals surface area contributed by atoms with Crippen LogP contribution in [-0.4, -0.2) is 13.2 Å². The Balaban J connectivity index is 2.04. The Morgan fingerprint density at radius 1 is 0.773 bits per heavy atom. The van der Waals surface area contributed by atoms with Gasteiger partial charge in [-0.3, -0.25) is 0 Å². The van der Waals surface area contributed by atoms with E-state index in [1.807, 2.05) is 0 Å². The van der Waals surface area contributed by atoms with E-state index >= 15 is 0 Å². The molecule has 0 atom stereocenters. The monoisotopic (exact) mass is 305 g/mol. The Morgan fingerprint density at radius 3 is 2.14 bits per heavy atom.